The Morgan fingerprint density at radius 1 is 1.03 bits per heavy atom. The first-order valence-electron chi connectivity index (χ1n) is 13.3. The maximum atomic E-state index is 12.5. The molecule has 2 saturated carbocycles. The van der Waals surface area contributed by atoms with E-state index in [0.29, 0.717) is 22.6 Å². The van der Waals surface area contributed by atoms with E-state index < -0.39 is 0 Å². The first kappa shape index (κ1) is 26.9. The minimum atomic E-state index is -0.377. The van der Waals surface area contributed by atoms with Crippen LogP contribution in [0.3, 0.4) is 0 Å². The second-order valence-corrected chi connectivity index (χ2v) is 10.9. The van der Waals surface area contributed by atoms with Gasteiger partial charge in [-0.3, -0.25) is 15.6 Å². The van der Waals surface area contributed by atoms with E-state index in [1.54, 1.807) is 6.07 Å². The van der Waals surface area contributed by atoms with Crippen LogP contribution in [0.5, 0.6) is 0 Å². The average molecular weight is 523 g/mol. The van der Waals surface area contributed by atoms with Gasteiger partial charge in [-0.2, -0.15) is 0 Å². The largest absolute Gasteiger partial charge is 0.465 e. The smallest absolute Gasteiger partial charge is 0.338 e. The first-order valence-corrected chi connectivity index (χ1v) is 13.7. The van der Waals surface area contributed by atoms with Crippen LogP contribution in [-0.4, -0.2) is 36.7 Å². The zero-order valence-electron chi connectivity index (χ0n) is 22.0. The predicted molar refractivity (Wildman–Crippen MR) is 152 cm³/mol. The molecule has 0 bridgehead atoms. The van der Waals surface area contributed by atoms with Gasteiger partial charge in [-0.15, -0.1) is 0 Å². The van der Waals surface area contributed by atoms with Gasteiger partial charge < -0.3 is 15.0 Å². The summed E-state index contributed by atoms with van der Waals surface area (Å²) in [6, 6.07) is 14.1. The predicted octanol–water partition coefficient (Wildman–Crippen LogP) is 5.66. The van der Waals surface area contributed by atoms with Gasteiger partial charge in [0.2, 0.25) is 5.91 Å². The molecule has 2 fully saturated rings. The number of benzene rings is 2. The highest BCUT2D eigenvalue weighted by molar-refractivity contribution is 7.80. The molecule has 0 aromatic heterocycles. The van der Waals surface area contributed by atoms with Gasteiger partial charge in [0.1, 0.15) is 0 Å². The molecule has 0 unspecified atom stereocenters. The Balaban J connectivity index is 1.69. The molecule has 2 aliphatic carbocycles. The van der Waals surface area contributed by atoms with E-state index in [1.165, 1.54) is 39.2 Å². The third kappa shape index (κ3) is 7.01. The Bertz CT molecular complexity index is 1130. The molecule has 198 valence electrons. The maximum absolute atomic E-state index is 12.5. The molecular weight excluding hydrogens is 484 g/mol. The van der Waals surface area contributed by atoms with E-state index >= 15 is 0 Å². The van der Waals surface area contributed by atoms with Crippen molar-refractivity contribution < 1.29 is 14.3 Å². The van der Waals surface area contributed by atoms with Gasteiger partial charge in [-0.05, 0) is 73.1 Å². The Labute approximate surface area is 225 Å². The van der Waals surface area contributed by atoms with E-state index in [-0.39, 0.29) is 17.8 Å². The van der Waals surface area contributed by atoms with E-state index in [2.05, 4.69) is 47.0 Å². The third-order valence-corrected chi connectivity index (χ3v) is 7.23. The van der Waals surface area contributed by atoms with Gasteiger partial charge in [-0.25, -0.2) is 4.79 Å². The lowest BCUT2D eigenvalue weighted by molar-refractivity contribution is -0.122. The molecule has 2 aromatic rings. The lowest BCUT2D eigenvalue weighted by Gasteiger charge is -2.38. The topological polar surface area (TPSA) is 82.7 Å². The zero-order valence-corrected chi connectivity index (χ0v) is 22.8. The number of thiocarbonyl (C=S) groups is 1. The van der Waals surface area contributed by atoms with E-state index in [4.69, 9.17) is 17.0 Å². The van der Waals surface area contributed by atoms with Crippen LogP contribution in [0.1, 0.15) is 69.2 Å². The van der Waals surface area contributed by atoms with Crippen LogP contribution < -0.4 is 21.1 Å². The van der Waals surface area contributed by atoms with Crippen molar-refractivity contribution >= 4 is 40.6 Å². The zero-order chi connectivity index (χ0) is 26.4. The summed E-state index contributed by atoms with van der Waals surface area (Å²) in [5.41, 5.74) is 9.66. The number of hydrogen-bond acceptors (Lipinski definition) is 5. The molecule has 3 N–H and O–H groups in total. The maximum Gasteiger partial charge on any atom is 0.338 e. The minimum absolute atomic E-state index is 0.0335. The van der Waals surface area contributed by atoms with Crippen LogP contribution in [-0.2, 0) is 9.53 Å². The Morgan fingerprint density at radius 2 is 1.76 bits per heavy atom. The van der Waals surface area contributed by atoms with Gasteiger partial charge in [-0.1, -0.05) is 57.4 Å². The van der Waals surface area contributed by atoms with Crippen LogP contribution in [0.25, 0.3) is 11.1 Å². The average Bonchev–Trinajstić information content (AvgIpc) is 3.76. The fourth-order valence-electron chi connectivity index (χ4n) is 5.03. The van der Waals surface area contributed by atoms with Crippen molar-refractivity contribution in [2.45, 2.75) is 64.8 Å². The van der Waals surface area contributed by atoms with Crippen molar-refractivity contribution in [3.05, 3.63) is 48.0 Å². The van der Waals surface area contributed by atoms with Gasteiger partial charge >= 0.3 is 5.97 Å². The fourth-order valence-corrected chi connectivity index (χ4v) is 5.19. The third-order valence-electron chi connectivity index (χ3n) is 7.02. The number of hydrazine groups is 1. The Kier molecular flexibility index (Phi) is 9.03. The molecule has 0 atom stereocenters. The van der Waals surface area contributed by atoms with E-state index in [1.807, 2.05) is 24.3 Å². The molecule has 37 heavy (non-hydrogen) atoms. The van der Waals surface area contributed by atoms with Gasteiger partial charge in [0, 0.05) is 18.5 Å². The monoisotopic (exact) mass is 522 g/mol. The summed E-state index contributed by atoms with van der Waals surface area (Å²) in [6.07, 6.45) is 7.93. The summed E-state index contributed by atoms with van der Waals surface area (Å²) in [6.45, 7) is 5.41. The quantitative estimate of drug-likeness (QED) is 0.234. The number of amides is 1. The molecular formula is C29H38N4O3S. The highest BCUT2D eigenvalue weighted by atomic mass is 32.1. The number of nitrogens with zero attached hydrogens (tertiary/aromatic N) is 1. The molecule has 0 spiro atoms. The van der Waals surface area contributed by atoms with Crippen LogP contribution >= 0.6 is 12.2 Å². The summed E-state index contributed by atoms with van der Waals surface area (Å²) >= 11 is 5.57. The lowest BCUT2D eigenvalue weighted by Crippen LogP contribution is -2.45. The summed E-state index contributed by atoms with van der Waals surface area (Å²) in [5, 5.41) is 3.66. The SMILES string of the molecule is COC(=O)c1ccccc1-c1ccc(N(CC(C)C)C2CCCCC2)c(NC(=S)NNC(=O)C2CC2)c1. The van der Waals surface area contributed by atoms with Gasteiger partial charge in [0.05, 0.1) is 24.0 Å². The van der Waals surface area contributed by atoms with E-state index in [9.17, 15) is 9.59 Å². The molecule has 0 heterocycles. The standard InChI is InChI=1S/C29H38N4O3S/c1-19(2)18-33(22-9-5-4-6-10-22)26-16-15-21(23-11-7-8-12-24(23)28(35)36-3)17-25(26)30-29(37)32-31-27(34)20-13-14-20/h7-8,11-12,15-17,19-20,22H,4-6,9-10,13-14,18H2,1-3H3,(H,31,34)(H2,30,32,37). The normalized spacial score (nSPS) is 15.7. The number of rotatable bonds is 8. The lowest BCUT2D eigenvalue weighted by atomic mass is 9.92. The second kappa shape index (κ2) is 12.4. The van der Waals surface area contributed by atoms with Crippen LogP contribution in [0.2, 0.25) is 0 Å². The molecule has 0 aliphatic heterocycles. The number of hydrogen-bond donors (Lipinski definition) is 3. The Hall–Kier alpha value is -3.13. The molecule has 2 aliphatic rings. The van der Waals surface area contributed by atoms with Gasteiger partial charge in [0.25, 0.3) is 0 Å². The summed E-state index contributed by atoms with van der Waals surface area (Å²) < 4.78 is 5.02. The van der Waals surface area contributed by atoms with Crippen LogP contribution in [0.15, 0.2) is 42.5 Å². The van der Waals surface area contributed by atoms with Crippen molar-refractivity contribution in [3.63, 3.8) is 0 Å². The Morgan fingerprint density at radius 3 is 2.43 bits per heavy atom. The van der Waals surface area contributed by atoms with Crippen molar-refractivity contribution in [3.8, 4) is 11.1 Å². The molecule has 0 saturated heterocycles. The number of carbonyl (C=O) groups is 2. The van der Waals surface area contributed by atoms with Crippen LogP contribution in [0, 0.1) is 11.8 Å². The minimum Gasteiger partial charge on any atom is -0.465 e. The molecule has 8 heteroatoms. The molecule has 1 amide bonds. The van der Waals surface area contributed by atoms with Crippen molar-refractivity contribution in [2.75, 3.05) is 23.9 Å². The number of esters is 1. The number of nitrogens with one attached hydrogen (secondary N) is 3. The van der Waals surface area contributed by atoms with E-state index in [0.717, 1.165) is 41.9 Å². The number of carbonyl (C=O) groups excluding carboxylic acids is 2. The number of anilines is 2. The molecule has 7 nitrogen and oxygen atoms in total. The first-order chi connectivity index (χ1) is 17.9. The molecule has 2 aromatic carbocycles. The molecule has 4 rings (SSSR count). The highest BCUT2D eigenvalue weighted by Gasteiger charge is 2.30. The van der Waals surface area contributed by atoms with Crippen LogP contribution in [0.4, 0.5) is 11.4 Å². The summed E-state index contributed by atoms with van der Waals surface area (Å²) in [5.74, 6) is 0.154. The van der Waals surface area contributed by atoms with Crippen molar-refractivity contribution in [1.82, 2.24) is 10.9 Å². The highest BCUT2D eigenvalue weighted by Crippen LogP contribution is 2.37. The number of methoxy groups -OCH3 is 1. The summed E-state index contributed by atoms with van der Waals surface area (Å²) in [4.78, 5) is 27.1. The second-order valence-electron chi connectivity index (χ2n) is 10.4. The molecule has 0 radical (unpaired) electrons. The van der Waals surface area contributed by atoms with Gasteiger partial charge in [0.15, 0.2) is 5.11 Å². The summed E-state index contributed by atoms with van der Waals surface area (Å²) in [7, 11) is 1.39. The number of ether oxygens (including phenoxy) is 1. The van der Waals surface area contributed by atoms with Crippen molar-refractivity contribution in [2.24, 2.45) is 11.8 Å². The van der Waals surface area contributed by atoms with Crippen molar-refractivity contribution in [1.29, 1.82) is 0 Å². The fraction of sp³-hybridized carbons (Fsp3) is 0.483.